The molecule has 0 unspecified atom stereocenters. The van der Waals surface area contributed by atoms with Gasteiger partial charge in [-0.05, 0) is 18.9 Å². The molecule has 2 atom stereocenters. The van der Waals surface area contributed by atoms with Gasteiger partial charge in [0.1, 0.15) is 12.2 Å². The number of carbonyl (C=O) groups is 1. The highest BCUT2D eigenvalue weighted by atomic mass is 16.6. The van der Waals surface area contributed by atoms with Gasteiger partial charge >= 0.3 is 6.09 Å². The van der Waals surface area contributed by atoms with E-state index in [1.165, 1.54) is 11.8 Å². The standard InChI is InChI=1S/C14H19NO4/c1-14(18)10-15(8-7-12(14)16)13(17)19-9-11-5-3-2-4-6-11/h2-6,12,16,18H,7-10H2,1H3/t12-,14+/m0/s1. The van der Waals surface area contributed by atoms with Gasteiger partial charge in [-0.25, -0.2) is 4.79 Å². The smallest absolute Gasteiger partial charge is 0.410 e. The summed E-state index contributed by atoms with van der Waals surface area (Å²) in [4.78, 5) is 13.3. The fourth-order valence-electron chi connectivity index (χ4n) is 2.13. The van der Waals surface area contributed by atoms with Crippen LogP contribution in [0.5, 0.6) is 0 Å². The van der Waals surface area contributed by atoms with Crippen LogP contribution in [0.1, 0.15) is 18.9 Å². The van der Waals surface area contributed by atoms with Gasteiger partial charge in [0.2, 0.25) is 0 Å². The minimum Gasteiger partial charge on any atom is -0.445 e. The molecule has 5 nitrogen and oxygen atoms in total. The number of ether oxygens (including phenoxy) is 1. The molecule has 1 amide bonds. The van der Waals surface area contributed by atoms with E-state index < -0.39 is 17.8 Å². The maximum atomic E-state index is 11.9. The van der Waals surface area contributed by atoms with Crippen molar-refractivity contribution < 1.29 is 19.7 Å². The molecule has 0 aliphatic carbocycles. The van der Waals surface area contributed by atoms with E-state index in [9.17, 15) is 15.0 Å². The van der Waals surface area contributed by atoms with Gasteiger partial charge in [0.15, 0.2) is 0 Å². The number of rotatable bonds is 2. The van der Waals surface area contributed by atoms with Gasteiger partial charge in [-0.15, -0.1) is 0 Å². The fraction of sp³-hybridized carbons (Fsp3) is 0.500. The van der Waals surface area contributed by atoms with Crippen LogP contribution < -0.4 is 0 Å². The molecule has 2 N–H and O–H groups in total. The number of aliphatic hydroxyl groups excluding tert-OH is 1. The highest BCUT2D eigenvalue weighted by molar-refractivity contribution is 5.68. The summed E-state index contributed by atoms with van der Waals surface area (Å²) in [5, 5.41) is 19.6. The van der Waals surface area contributed by atoms with Crippen molar-refractivity contribution in [2.24, 2.45) is 0 Å². The van der Waals surface area contributed by atoms with Crippen molar-refractivity contribution in [1.82, 2.24) is 4.90 Å². The molecule has 0 spiro atoms. The second-order valence-electron chi connectivity index (χ2n) is 5.12. The van der Waals surface area contributed by atoms with Crippen molar-refractivity contribution in [3.63, 3.8) is 0 Å². The molecule has 1 aromatic carbocycles. The fourth-order valence-corrected chi connectivity index (χ4v) is 2.13. The topological polar surface area (TPSA) is 70.0 Å². The second-order valence-corrected chi connectivity index (χ2v) is 5.12. The summed E-state index contributed by atoms with van der Waals surface area (Å²) < 4.78 is 5.19. The molecular weight excluding hydrogens is 246 g/mol. The summed E-state index contributed by atoms with van der Waals surface area (Å²) in [5.41, 5.74) is -0.357. The van der Waals surface area contributed by atoms with Crippen molar-refractivity contribution in [2.75, 3.05) is 13.1 Å². The Bertz CT molecular complexity index is 432. The van der Waals surface area contributed by atoms with Crippen LogP contribution in [0.25, 0.3) is 0 Å². The van der Waals surface area contributed by atoms with E-state index >= 15 is 0 Å². The van der Waals surface area contributed by atoms with Gasteiger partial charge in [-0.2, -0.15) is 0 Å². The van der Waals surface area contributed by atoms with E-state index in [0.717, 1.165) is 5.56 Å². The highest BCUT2D eigenvalue weighted by Crippen LogP contribution is 2.21. The maximum absolute atomic E-state index is 11.9. The number of benzene rings is 1. The minimum atomic E-state index is -1.27. The van der Waals surface area contributed by atoms with E-state index in [0.29, 0.717) is 13.0 Å². The molecule has 5 heteroatoms. The Balaban J connectivity index is 1.87. The third-order valence-electron chi connectivity index (χ3n) is 3.36. The summed E-state index contributed by atoms with van der Waals surface area (Å²) in [6.45, 7) is 2.21. The van der Waals surface area contributed by atoms with Gasteiger partial charge in [0.25, 0.3) is 0 Å². The Morgan fingerprint density at radius 2 is 2.16 bits per heavy atom. The first-order valence-electron chi connectivity index (χ1n) is 6.35. The molecule has 1 heterocycles. The van der Waals surface area contributed by atoms with Crippen LogP contribution in [-0.4, -0.2) is 46.0 Å². The lowest BCUT2D eigenvalue weighted by atomic mass is 9.92. The zero-order valence-corrected chi connectivity index (χ0v) is 11.0. The number of amides is 1. The first-order valence-corrected chi connectivity index (χ1v) is 6.35. The molecule has 1 saturated heterocycles. The zero-order valence-electron chi connectivity index (χ0n) is 11.0. The van der Waals surface area contributed by atoms with Crippen LogP contribution in [0, 0.1) is 0 Å². The highest BCUT2D eigenvalue weighted by Gasteiger charge is 2.38. The molecule has 1 aliphatic heterocycles. The molecule has 0 aromatic heterocycles. The number of aliphatic hydroxyl groups is 2. The number of nitrogens with zero attached hydrogens (tertiary/aromatic N) is 1. The molecule has 0 radical (unpaired) electrons. The monoisotopic (exact) mass is 265 g/mol. The van der Waals surface area contributed by atoms with E-state index in [1.807, 2.05) is 30.3 Å². The van der Waals surface area contributed by atoms with Gasteiger partial charge in [0.05, 0.1) is 12.6 Å². The summed E-state index contributed by atoms with van der Waals surface area (Å²) in [5.74, 6) is 0. The molecule has 0 bridgehead atoms. The Hall–Kier alpha value is -1.59. The summed E-state index contributed by atoms with van der Waals surface area (Å²) in [6, 6.07) is 9.41. The molecular formula is C14H19NO4. The quantitative estimate of drug-likeness (QED) is 0.841. The SMILES string of the molecule is C[C@@]1(O)CN(C(=O)OCc2ccccc2)CC[C@@H]1O. The Morgan fingerprint density at radius 3 is 2.79 bits per heavy atom. The van der Waals surface area contributed by atoms with Crippen molar-refractivity contribution in [1.29, 1.82) is 0 Å². The van der Waals surface area contributed by atoms with Crippen molar-refractivity contribution in [2.45, 2.75) is 31.7 Å². The van der Waals surface area contributed by atoms with E-state index in [-0.39, 0.29) is 13.2 Å². The van der Waals surface area contributed by atoms with Gasteiger partial charge in [-0.1, -0.05) is 30.3 Å². The second kappa shape index (κ2) is 5.59. The molecule has 0 saturated carbocycles. The Morgan fingerprint density at radius 1 is 1.47 bits per heavy atom. The number of piperidine rings is 1. The van der Waals surface area contributed by atoms with Crippen molar-refractivity contribution in [3.8, 4) is 0 Å². The van der Waals surface area contributed by atoms with Crippen molar-refractivity contribution in [3.05, 3.63) is 35.9 Å². The van der Waals surface area contributed by atoms with E-state index in [2.05, 4.69) is 0 Å². The summed E-state index contributed by atoms with van der Waals surface area (Å²) in [6.07, 6.45) is -0.908. The maximum Gasteiger partial charge on any atom is 0.410 e. The Labute approximate surface area is 112 Å². The minimum absolute atomic E-state index is 0.0851. The van der Waals surface area contributed by atoms with Crippen LogP contribution >= 0.6 is 0 Å². The number of likely N-dealkylation sites (tertiary alicyclic amines) is 1. The third kappa shape index (κ3) is 3.45. The van der Waals surface area contributed by atoms with Crippen LogP contribution in [0.2, 0.25) is 0 Å². The summed E-state index contributed by atoms with van der Waals surface area (Å²) in [7, 11) is 0. The number of hydrogen-bond acceptors (Lipinski definition) is 4. The molecule has 1 aromatic rings. The number of β-amino-alcohol motifs (C(OH)–C–C–N with tert-alkyl or cyclic N) is 1. The molecule has 19 heavy (non-hydrogen) atoms. The van der Waals surface area contributed by atoms with E-state index in [1.54, 1.807) is 0 Å². The normalized spacial score (nSPS) is 27.1. The van der Waals surface area contributed by atoms with Crippen LogP contribution in [0.15, 0.2) is 30.3 Å². The van der Waals surface area contributed by atoms with Crippen LogP contribution in [0.4, 0.5) is 4.79 Å². The lowest BCUT2D eigenvalue weighted by Crippen LogP contribution is -2.56. The lowest BCUT2D eigenvalue weighted by molar-refractivity contribution is -0.105. The van der Waals surface area contributed by atoms with Gasteiger partial charge < -0.3 is 19.8 Å². The molecule has 2 rings (SSSR count). The van der Waals surface area contributed by atoms with Gasteiger partial charge in [0, 0.05) is 6.54 Å². The van der Waals surface area contributed by atoms with Crippen molar-refractivity contribution >= 4 is 6.09 Å². The third-order valence-corrected chi connectivity index (χ3v) is 3.36. The zero-order chi connectivity index (χ0) is 13.9. The predicted molar refractivity (Wildman–Crippen MR) is 69.4 cm³/mol. The lowest BCUT2D eigenvalue weighted by Gasteiger charge is -2.39. The summed E-state index contributed by atoms with van der Waals surface area (Å²) >= 11 is 0. The largest absolute Gasteiger partial charge is 0.445 e. The molecule has 104 valence electrons. The average Bonchev–Trinajstić information content (AvgIpc) is 2.40. The Kier molecular flexibility index (Phi) is 4.07. The number of carbonyl (C=O) groups excluding carboxylic acids is 1. The van der Waals surface area contributed by atoms with Gasteiger partial charge in [-0.3, -0.25) is 0 Å². The first-order chi connectivity index (χ1) is 8.99. The number of hydrogen-bond donors (Lipinski definition) is 2. The molecule has 1 aliphatic rings. The molecule has 1 fully saturated rings. The van der Waals surface area contributed by atoms with Crippen LogP contribution in [0.3, 0.4) is 0 Å². The first kappa shape index (κ1) is 13.8. The average molecular weight is 265 g/mol. The van der Waals surface area contributed by atoms with E-state index in [4.69, 9.17) is 4.74 Å². The predicted octanol–water partition coefficient (Wildman–Crippen LogP) is 1.14. The van der Waals surface area contributed by atoms with Crippen LogP contribution in [-0.2, 0) is 11.3 Å².